The van der Waals surface area contributed by atoms with Crippen molar-refractivity contribution in [1.82, 2.24) is 20.0 Å². The molecule has 7 heteroatoms. The lowest BCUT2D eigenvalue weighted by molar-refractivity contribution is -0.120. The minimum atomic E-state index is -0.0353. The van der Waals surface area contributed by atoms with E-state index in [-0.39, 0.29) is 17.2 Å². The van der Waals surface area contributed by atoms with Crippen LogP contribution in [0.5, 0.6) is 0 Å². The fraction of sp³-hybridized carbons (Fsp3) is 0.391. The molecule has 0 bridgehead atoms. The second kappa shape index (κ2) is 8.26. The maximum absolute atomic E-state index is 12.5. The third-order valence-electron chi connectivity index (χ3n) is 5.80. The van der Waals surface area contributed by atoms with Crippen molar-refractivity contribution in [2.45, 2.75) is 33.7 Å². The van der Waals surface area contributed by atoms with Gasteiger partial charge in [-0.15, -0.1) is 5.10 Å². The van der Waals surface area contributed by atoms with Gasteiger partial charge < -0.3 is 10.2 Å². The minimum Gasteiger partial charge on any atom is -0.353 e. The molecule has 1 fully saturated rings. The Hall–Kier alpha value is -3.22. The van der Waals surface area contributed by atoms with Crippen molar-refractivity contribution in [3.63, 3.8) is 0 Å². The molecule has 2 aromatic heterocycles. The van der Waals surface area contributed by atoms with E-state index >= 15 is 0 Å². The smallest absolute Gasteiger partial charge is 0.231 e. The lowest BCUT2D eigenvalue weighted by atomic mass is 9.90. The molecule has 0 atom stereocenters. The van der Waals surface area contributed by atoms with E-state index in [2.05, 4.69) is 52.5 Å². The molecule has 4 rings (SSSR count). The highest BCUT2D eigenvalue weighted by Crippen LogP contribution is 2.26. The topological polar surface area (TPSA) is 75.9 Å². The first-order valence-electron chi connectivity index (χ1n) is 10.4. The van der Waals surface area contributed by atoms with Crippen LogP contribution in [0, 0.1) is 11.3 Å². The summed E-state index contributed by atoms with van der Waals surface area (Å²) in [5, 5.41) is 15.5. The maximum atomic E-state index is 12.5. The highest BCUT2D eigenvalue weighted by atomic mass is 16.2. The third-order valence-corrected chi connectivity index (χ3v) is 5.80. The van der Waals surface area contributed by atoms with Crippen molar-refractivity contribution < 1.29 is 4.79 Å². The number of hydrogen-bond donors (Lipinski definition) is 1. The molecule has 3 heterocycles. The Bertz CT molecular complexity index is 990. The number of nitrogens with zero attached hydrogens (tertiary/aromatic N) is 5. The fourth-order valence-corrected chi connectivity index (χ4v) is 3.43. The SMILES string of the molecule is CCC(C)(C)Cn1cc(-c2ccc(NC(=O)C3CN(c4cccnn4)C3)cc2)cn1. The van der Waals surface area contributed by atoms with E-state index in [1.165, 1.54) is 0 Å². The minimum absolute atomic E-state index is 0.0353. The molecule has 3 aromatic rings. The number of nitrogens with one attached hydrogen (secondary N) is 1. The Kier molecular flexibility index (Phi) is 5.53. The number of carbonyl (C=O) groups is 1. The molecule has 1 saturated heterocycles. The number of benzene rings is 1. The van der Waals surface area contributed by atoms with Gasteiger partial charge in [0.05, 0.1) is 12.1 Å². The Morgan fingerprint density at radius 1 is 1.17 bits per heavy atom. The molecule has 1 amide bonds. The van der Waals surface area contributed by atoms with Gasteiger partial charge in [0.1, 0.15) is 0 Å². The maximum Gasteiger partial charge on any atom is 0.231 e. The molecule has 0 unspecified atom stereocenters. The van der Waals surface area contributed by atoms with Crippen LogP contribution in [-0.4, -0.2) is 39.0 Å². The molecule has 30 heavy (non-hydrogen) atoms. The average Bonchev–Trinajstić information content (AvgIpc) is 3.16. The van der Waals surface area contributed by atoms with Gasteiger partial charge in [-0.05, 0) is 41.7 Å². The van der Waals surface area contributed by atoms with Gasteiger partial charge >= 0.3 is 0 Å². The predicted molar refractivity (Wildman–Crippen MR) is 118 cm³/mol. The van der Waals surface area contributed by atoms with Crippen molar-refractivity contribution in [2.24, 2.45) is 11.3 Å². The van der Waals surface area contributed by atoms with Crippen LogP contribution in [0.4, 0.5) is 11.5 Å². The van der Waals surface area contributed by atoms with Crippen molar-refractivity contribution in [2.75, 3.05) is 23.3 Å². The van der Waals surface area contributed by atoms with Gasteiger partial charge in [0.2, 0.25) is 5.91 Å². The van der Waals surface area contributed by atoms with Gasteiger partial charge in [-0.1, -0.05) is 32.9 Å². The van der Waals surface area contributed by atoms with Crippen LogP contribution in [0.3, 0.4) is 0 Å². The van der Waals surface area contributed by atoms with Gasteiger partial charge in [0.25, 0.3) is 0 Å². The molecule has 0 spiro atoms. The largest absolute Gasteiger partial charge is 0.353 e. The summed E-state index contributed by atoms with van der Waals surface area (Å²) in [7, 11) is 0. The molecular weight excluding hydrogens is 376 g/mol. The zero-order valence-electron chi connectivity index (χ0n) is 17.7. The number of hydrogen-bond acceptors (Lipinski definition) is 5. The number of rotatable bonds is 7. The van der Waals surface area contributed by atoms with Crippen molar-refractivity contribution in [1.29, 1.82) is 0 Å². The van der Waals surface area contributed by atoms with Crippen LogP contribution in [0.25, 0.3) is 11.1 Å². The van der Waals surface area contributed by atoms with Crippen molar-refractivity contribution in [3.8, 4) is 11.1 Å². The van der Waals surface area contributed by atoms with Crippen LogP contribution in [0.15, 0.2) is 55.0 Å². The third kappa shape index (κ3) is 4.50. The van der Waals surface area contributed by atoms with E-state index < -0.39 is 0 Å². The molecule has 0 radical (unpaired) electrons. The predicted octanol–water partition coefficient (Wildman–Crippen LogP) is 3.85. The number of aromatic nitrogens is 4. The standard InChI is InChI=1S/C23H28N6O/c1-4-23(2,3)16-29-15-18(12-25-29)17-7-9-20(10-8-17)26-22(30)19-13-28(14-19)21-6-5-11-24-27-21/h5-12,15,19H,4,13-14,16H2,1-3H3,(H,26,30). The van der Waals surface area contributed by atoms with Gasteiger partial charge in [-0.3, -0.25) is 9.48 Å². The van der Waals surface area contributed by atoms with Crippen LogP contribution >= 0.6 is 0 Å². The Balaban J connectivity index is 1.32. The lowest BCUT2D eigenvalue weighted by Crippen LogP contribution is -2.52. The summed E-state index contributed by atoms with van der Waals surface area (Å²) in [6.45, 7) is 8.92. The zero-order valence-corrected chi connectivity index (χ0v) is 17.7. The van der Waals surface area contributed by atoms with E-state index in [1.54, 1.807) is 6.20 Å². The first-order chi connectivity index (χ1) is 14.4. The van der Waals surface area contributed by atoms with E-state index in [1.807, 2.05) is 47.3 Å². The second-order valence-electron chi connectivity index (χ2n) is 8.69. The van der Waals surface area contributed by atoms with E-state index in [0.29, 0.717) is 13.1 Å². The first kappa shape index (κ1) is 20.1. The molecular formula is C23H28N6O. The zero-order chi connectivity index (χ0) is 21.1. The number of carbonyl (C=O) groups excluding carboxylic acids is 1. The number of anilines is 2. The van der Waals surface area contributed by atoms with Gasteiger partial charge in [-0.2, -0.15) is 10.2 Å². The molecule has 1 N–H and O–H groups in total. The van der Waals surface area contributed by atoms with Crippen LogP contribution < -0.4 is 10.2 Å². The van der Waals surface area contributed by atoms with E-state index in [9.17, 15) is 4.79 Å². The quantitative estimate of drug-likeness (QED) is 0.647. The summed E-state index contributed by atoms with van der Waals surface area (Å²) in [6.07, 6.45) is 6.73. The summed E-state index contributed by atoms with van der Waals surface area (Å²) in [5.41, 5.74) is 3.20. The Labute approximate surface area is 177 Å². The second-order valence-corrected chi connectivity index (χ2v) is 8.69. The molecule has 1 aliphatic heterocycles. The fourth-order valence-electron chi connectivity index (χ4n) is 3.43. The van der Waals surface area contributed by atoms with Gasteiger partial charge in [-0.25, -0.2) is 0 Å². The normalized spacial score (nSPS) is 14.4. The van der Waals surface area contributed by atoms with Gasteiger partial charge in [0.15, 0.2) is 5.82 Å². The van der Waals surface area contributed by atoms with Crippen LogP contribution in [-0.2, 0) is 11.3 Å². The Morgan fingerprint density at radius 3 is 2.60 bits per heavy atom. The molecule has 1 aliphatic rings. The summed E-state index contributed by atoms with van der Waals surface area (Å²) >= 11 is 0. The van der Waals surface area contributed by atoms with Crippen LogP contribution in [0.2, 0.25) is 0 Å². The lowest BCUT2D eigenvalue weighted by Gasteiger charge is -2.38. The van der Waals surface area contributed by atoms with Crippen molar-refractivity contribution in [3.05, 3.63) is 55.0 Å². The van der Waals surface area contributed by atoms with Crippen LogP contribution in [0.1, 0.15) is 27.2 Å². The summed E-state index contributed by atoms with van der Waals surface area (Å²) in [6, 6.07) is 11.7. The molecule has 7 nitrogen and oxygen atoms in total. The molecule has 0 aliphatic carbocycles. The molecule has 0 saturated carbocycles. The summed E-state index contributed by atoms with van der Waals surface area (Å²) in [5.74, 6) is 0.818. The van der Waals surface area contributed by atoms with Crippen molar-refractivity contribution >= 4 is 17.4 Å². The van der Waals surface area contributed by atoms with E-state index in [4.69, 9.17) is 0 Å². The number of amides is 1. The summed E-state index contributed by atoms with van der Waals surface area (Å²) < 4.78 is 2.01. The summed E-state index contributed by atoms with van der Waals surface area (Å²) in [4.78, 5) is 14.6. The Morgan fingerprint density at radius 2 is 1.93 bits per heavy atom. The van der Waals surface area contributed by atoms with Gasteiger partial charge in [0, 0.05) is 43.3 Å². The highest BCUT2D eigenvalue weighted by Gasteiger charge is 2.33. The first-order valence-corrected chi connectivity index (χ1v) is 10.4. The average molecular weight is 405 g/mol. The van der Waals surface area contributed by atoms with E-state index in [0.717, 1.165) is 35.6 Å². The molecule has 1 aromatic carbocycles. The molecule has 156 valence electrons. The highest BCUT2D eigenvalue weighted by molar-refractivity contribution is 5.94. The monoisotopic (exact) mass is 404 g/mol.